The molecule has 16 heavy (non-hydrogen) atoms. The minimum Gasteiger partial charge on any atom is -0.307 e. The van der Waals surface area contributed by atoms with Gasteiger partial charge in [-0.25, -0.2) is 0 Å². The van der Waals surface area contributed by atoms with Crippen LogP contribution < -0.4 is 5.32 Å². The molecule has 92 valence electrons. The van der Waals surface area contributed by atoms with Crippen molar-refractivity contribution >= 4 is 11.3 Å². The Morgan fingerprint density at radius 3 is 2.38 bits per heavy atom. The van der Waals surface area contributed by atoms with Crippen molar-refractivity contribution in [2.75, 3.05) is 0 Å². The van der Waals surface area contributed by atoms with E-state index >= 15 is 0 Å². The number of hydrogen-bond donors (Lipinski definition) is 1. The number of thiophene rings is 1. The van der Waals surface area contributed by atoms with E-state index in [2.05, 4.69) is 5.32 Å². The summed E-state index contributed by atoms with van der Waals surface area (Å²) in [5, 5.41) is 4.40. The summed E-state index contributed by atoms with van der Waals surface area (Å²) >= 11 is 1.15. The molecule has 0 bridgehead atoms. The van der Waals surface area contributed by atoms with Crippen molar-refractivity contribution in [2.45, 2.75) is 45.5 Å². The standard InChI is InChI=1S/C11H16F3NS/c1-4-10(2,3)15-6-9-5-8(7-16-9)11(12,13)14/h5,7,15H,4,6H2,1-3H3. The van der Waals surface area contributed by atoms with Gasteiger partial charge in [-0.15, -0.1) is 11.3 Å². The molecule has 0 aliphatic heterocycles. The van der Waals surface area contributed by atoms with Crippen LogP contribution >= 0.6 is 11.3 Å². The zero-order chi connectivity index (χ0) is 12.4. The van der Waals surface area contributed by atoms with Gasteiger partial charge in [0.2, 0.25) is 0 Å². The first-order valence-electron chi connectivity index (χ1n) is 5.14. The van der Waals surface area contributed by atoms with E-state index in [0.717, 1.165) is 23.1 Å². The summed E-state index contributed by atoms with van der Waals surface area (Å²) in [6.45, 7) is 6.60. The Bertz CT molecular complexity index is 341. The first-order valence-corrected chi connectivity index (χ1v) is 6.02. The Hall–Kier alpha value is -0.550. The number of halogens is 3. The molecule has 1 N–H and O–H groups in total. The van der Waals surface area contributed by atoms with Gasteiger partial charge >= 0.3 is 6.18 Å². The number of nitrogens with one attached hydrogen (secondary N) is 1. The van der Waals surface area contributed by atoms with Gasteiger partial charge < -0.3 is 5.32 Å². The minimum absolute atomic E-state index is 0.0393. The molecule has 0 spiro atoms. The third kappa shape index (κ3) is 3.79. The number of hydrogen-bond acceptors (Lipinski definition) is 2. The second-order valence-electron chi connectivity index (χ2n) is 4.39. The van der Waals surface area contributed by atoms with Crippen molar-refractivity contribution in [2.24, 2.45) is 0 Å². The maximum atomic E-state index is 12.3. The zero-order valence-corrected chi connectivity index (χ0v) is 10.4. The largest absolute Gasteiger partial charge is 0.417 e. The zero-order valence-electron chi connectivity index (χ0n) is 9.61. The molecule has 0 aromatic carbocycles. The maximum Gasteiger partial charge on any atom is 0.417 e. The Morgan fingerprint density at radius 2 is 1.94 bits per heavy atom. The van der Waals surface area contributed by atoms with Crippen LogP contribution in [-0.4, -0.2) is 5.54 Å². The molecule has 0 saturated heterocycles. The second kappa shape index (κ2) is 4.75. The average Bonchev–Trinajstić information content (AvgIpc) is 2.63. The summed E-state index contributed by atoms with van der Waals surface area (Å²) in [5.74, 6) is 0. The molecule has 0 atom stereocenters. The predicted molar refractivity (Wildman–Crippen MR) is 60.5 cm³/mol. The van der Waals surface area contributed by atoms with Gasteiger partial charge in [0.15, 0.2) is 0 Å². The molecule has 0 aliphatic rings. The molecule has 0 aliphatic carbocycles. The molecule has 1 aromatic rings. The highest BCUT2D eigenvalue weighted by Gasteiger charge is 2.31. The van der Waals surface area contributed by atoms with Crippen LogP contribution in [0, 0.1) is 0 Å². The molecule has 1 nitrogen and oxygen atoms in total. The Labute approximate surface area is 97.7 Å². The lowest BCUT2D eigenvalue weighted by Gasteiger charge is -2.24. The van der Waals surface area contributed by atoms with Crippen molar-refractivity contribution < 1.29 is 13.2 Å². The predicted octanol–water partition coefficient (Wildman–Crippen LogP) is 4.05. The van der Waals surface area contributed by atoms with Crippen molar-refractivity contribution in [3.63, 3.8) is 0 Å². The van der Waals surface area contributed by atoms with Crippen LogP contribution in [0.25, 0.3) is 0 Å². The Morgan fingerprint density at radius 1 is 1.31 bits per heavy atom. The summed E-state index contributed by atoms with van der Waals surface area (Å²) in [7, 11) is 0. The van der Waals surface area contributed by atoms with E-state index in [0.29, 0.717) is 11.4 Å². The van der Waals surface area contributed by atoms with Gasteiger partial charge in [-0.05, 0) is 26.3 Å². The molecule has 0 fully saturated rings. The first-order chi connectivity index (χ1) is 7.24. The van der Waals surface area contributed by atoms with Crippen LogP contribution in [-0.2, 0) is 12.7 Å². The molecule has 1 aromatic heterocycles. The van der Waals surface area contributed by atoms with E-state index in [1.54, 1.807) is 0 Å². The van der Waals surface area contributed by atoms with E-state index in [-0.39, 0.29) is 5.54 Å². The first kappa shape index (κ1) is 13.5. The van der Waals surface area contributed by atoms with E-state index in [1.165, 1.54) is 6.07 Å². The molecule has 1 rings (SSSR count). The fourth-order valence-corrected chi connectivity index (χ4v) is 1.90. The molecule has 0 unspecified atom stereocenters. The van der Waals surface area contributed by atoms with Gasteiger partial charge in [-0.3, -0.25) is 0 Å². The van der Waals surface area contributed by atoms with Crippen LogP contribution in [0.5, 0.6) is 0 Å². The van der Waals surface area contributed by atoms with Gasteiger partial charge in [0, 0.05) is 22.3 Å². The fraction of sp³-hybridized carbons (Fsp3) is 0.636. The molecule has 0 saturated carbocycles. The van der Waals surface area contributed by atoms with Gasteiger partial charge in [0.1, 0.15) is 0 Å². The summed E-state index contributed by atoms with van der Waals surface area (Å²) < 4.78 is 37.0. The quantitative estimate of drug-likeness (QED) is 0.851. The third-order valence-electron chi connectivity index (χ3n) is 2.61. The van der Waals surface area contributed by atoms with E-state index in [9.17, 15) is 13.2 Å². The number of rotatable bonds is 4. The number of alkyl halides is 3. The summed E-state index contributed by atoms with van der Waals surface area (Å²) in [6, 6.07) is 1.21. The topological polar surface area (TPSA) is 12.0 Å². The molecule has 5 heteroatoms. The van der Waals surface area contributed by atoms with Gasteiger partial charge in [-0.1, -0.05) is 6.92 Å². The third-order valence-corrected chi connectivity index (χ3v) is 3.54. The summed E-state index contributed by atoms with van der Waals surface area (Å²) in [4.78, 5) is 0.717. The highest BCUT2D eigenvalue weighted by molar-refractivity contribution is 7.10. The van der Waals surface area contributed by atoms with E-state index in [1.807, 2.05) is 20.8 Å². The minimum atomic E-state index is -4.23. The Balaban J connectivity index is 2.60. The normalized spacial score (nSPS) is 13.1. The average molecular weight is 251 g/mol. The molecule has 0 radical (unpaired) electrons. The summed E-state index contributed by atoms with van der Waals surface area (Å²) in [5.41, 5.74) is -0.592. The lowest BCUT2D eigenvalue weighted by atomic mass is 10.0. The summed E-state index contributed by atoms with van der Waals surface area (Å²) in [6.07, 6.45) is -3.29. The van der Waals surface area contributed by atoms with Gasteiger partial charge in [-0.2, -0.15) is 13.2 Å². The van der Waals surface area contributed by atoms with E-state index in [4.69, 9.17) is 0 Å². The van der Waals surface area contributed by atoms with Crippen LogP contribution in [0.1, 0.15) is 37.6 Å². The van der Waals surface area contributed by atoms with Gasteiger partial charge in [0.05, 0.1) is 5.56 Å². The van der Waals surface area contributed by atoms with Crippen molar-refractivity contribution in [1.82, 2.24) is 5.32 Å². The van der Waals surface area contributed by atoms with Crippen molar-refractivity contribution in [3.8, 4) is 0 Å². The van der Waals surface area contributed by atoms with Crippen LogP contribution in [0.4, 0.5) is 13.2 Å². The fourth-order valence-electron chi connectivity index (χ4n) is 1.07. The van der Waals surface area contributed by atoms with Crippen LogP contribution in [0.3, 0.4) is 0 Å². The van der Waals surface area contributed by atoms with Crippen LogP contribution in [0.2, 0.25) is 0 Å². The Kier molecular flexibility index (Phi) is 4.02. The molecular formula is C11H16F3NS. The molecule has 0 amide bonds. The second-order valence-corrected chi connectivity index (χ2v) is 5.39. The lowest BCUT2D eigenvalue weighted by Crippen LogP contribution is -2.37. The maximum absolute atomic E-state index is 12.3. The monoisotopic (exact) mass is 251 g/mol. The smallest absolute Gasteiger partial charge is 0.307 e. The SMILES string of the molecule is CCC(C)(C)NCc1cc(C(F)(F)F)cs1. The van der Waals surface area contributed by atoms with Crippen molar-refractivity contribution in [3.05, 3.63) is 21.9 Å². The van der Waals surface area contributed by atoms with Gasteiger partial charge in [0.25, 0.3) is 0 Å². The lowest BCUT2D eigenvalue weighted by molar-refractivity contribution is -0.137. The molecule has 1 heterocycles. The highest BCUT2D eigenvalue weighted by atomic mass is 32.1. The van der Waals surface area contributed by atoms with Crippen LogP contribution in [0.15, 0.2) is 11.4 Å². The van der Waals surface area contributed by atoms with E-state index < -0.39 is 11.7 Å². The molecular weight excluding hydrogens is 235 g/mol. The highest BCUT2D eigenvalue weighted by Crippen LogP contribution is 2.32. The van der Waals surface area contributed by atoms with Crippen molar-refractivity contribution in [1.29, 1.82) is 0 Å².